The molecule has 1 atom stereocenters. The average molecular weight is 530 g/mol. The molecule has 33 heavy (non-hydrogen) atoms. The molecule has 0 spiro atoms. The van der Waals surface area contributed by atoms with Crippen LogP contribution in [0.4, 0.5) is 5.69 Å². The molecular formula is C26H29BrN2O3S. The Balaban J connectivity index is 1.92. The summed E-state index contributed by atoms with van der Waals surface area (Å²) in [5.74, 6) is -0.363. The van der Waals surface area contributed by atoms with Gasteiger partial charge in [-0.15, -0.1) is 0 Å². The summed E-state index contributed by atoms with van der Waals surface area (Å²) < 4.78 is 29.0. The van der Waals surface area contributed by atoms with Gasteiger partial charge in [-0.2, -0.15) is 0 Å². The van der Waals surface area contributed by atoms with E-state index in [1.54, 1.807) is 42.5 Å². The number of sulfonamides is 1. The first-order chi connectivity index (χ1) is 15.6. The first kappa shape index (κ1) is 25.0. The number of aryl methyl sites for hydroxylation is 3. The maximum absolute atomic E-state index is 13.5. The molecule has 5 nitrogen and oxygen atoms in total. The summed E-state index contributed by atoms with van der Waals surface area (Å²) in [5.41, 5.74) is 4.66. The van der Waals surface area contributed by atoms with Gasteiger partial charge in [0.1, 0.15) is 6.54 Å². The average Bonchev–Trinajstić information content (AvgIpc) is 2.76. The van der Waals surface area contributed by atoms with Crippen molar-refractivity contribution in [3.05, 3.63) is 93.5 Å². The van der Waals surface area contributed by atoms with E-state index in [-0.39, 0.29) is 23.4 Å². The number of rotatable bonds is 8. The Morgan fingerprint density at radius 3 is 2.24 bits per heavy atom. The Hall–Kier alpha value is -2.64. The van der Waals surface area contributed by atoms with E-state index in [1.807, 2.05) is 45.9 Å². The van der Waals surface area contributed by atoms with Gasteiger partial charge in [-0.25, -0.2) is 8.42 Å². The molecule has 3 rings (SSSR count). The Labute approximate surface area is 205 Å². The summed E-state index contributed by atoms with van der Waals surface area (Å²) in [6.45, 7) is 7.62. The van der Waals surface area contributed by atoms with E-state index in [0.717, 1.165) is 31.0 Å². The van der Waals surface area contributed by atoms with Crippen molar-refractivity contribution >= 4 is 37.5 Å². The van der Waals surface area contributed by atoms with Crippen LogP contribution in [0, 0.1) is 20.8 Å². The van der Waals surface area contributed by atoms with Gasteiger partial charge in [0.2, 0.25) is 5.91 Å². The summed E-state index contributed by atoms with van der Waals surface area (Å²) in [4.78, 5) is 13.3. The second kappa shape index (κ2) is 10.5. The smallest absolute Gasteiger partial charge is 0.264 e. The Bertz CT molecular complexity index is 1240. The number of benzene rings is 3. The van der Waals surface area contributed by atoms with Gasteiger partial charge in [-0.3, -0.25) is 9.10 Å². The standard InChI is InChI=1S/C26H29BrN2O3S/c1-5-25(24-14-11-19(3)15-20(24)4)28-26(30)17-29(22-8-6-7-21(27)16-22)33(31,32)23-12-9-18(2)10-13-23/h6-16,25H,5,17H2,1-4H3,(H,28,30). The van der Waals surface area contributed by atoms with E-state index in [2.05, 4.69) is 27.3 Å². The van der Waals surface area contributed by atoms with Crippen LogP contribution in [-0.4, -0.2) is 20.9 Å². The second-order valence-electron chi connectivity index (χ2n) is 8.19. The number of anilines is 1. The minimum atomic E-state index is -3.95. The monoisotopic (exact) mass is 528 g/mol. The van der Waals surface area contributed by atoms with Gasteiger partial charge in [-0.05, 0) is 68.7 Å². The fraction of sp³-hybridized carbons (Fsp3) is 0.269. The van der Waals surface area contributed by atoms with E-state index in [4.69, 9.17) is 0 Å². The third kappa shape index (κ3) is 6.03. The molecule has 3 aromatic rings. The SMILES string of the molecule is CCC(NC(=O)CN(c1cccc(Br)c1)S(=O)(=O)c1ccc(C)cc1)c1ccc(C)cc1C. The predicted octanol–water partition coefficient (Wildman–Crippen LogP) is 5.84. The summed E-state index contributed by atoms with van der Waals surface area (Å²) in [5, 5.41) is 3.03. The maximum Gasteiger partial charge on any atom is 0.264 e. The van der Waals surface area contributed by atoms with E-state index >= 15 is 0 Å². The van der Waals surface area contributed by atoms with Crippen molar-refractivity contribution in [2.24, 2.45) is 0 Å². The van der Waals surface area contributed by atoms with Gasteiger partial charge >= 0.3 is 0 Å². The zero-order valence-corrected chi connectivity index (χ0v) is 21.7. The largest absolute Gasteiger partial charge is 0.348 e. The number of hydrogen-bond donors (Lipinski definition) is 1. The normalized spacial score (nSPS) is 12.3. The Morgan fingerprint density at radius 2 is 1.64 bits per heavy atom. The summed E-state index contributed by atoms with van der Waals surface area (Å²) in [6, 6.07) is 19.5. The quantitative estimate of drug-likeness (QED) is 0.399. The van der Waals surface area contributed by atoms with E-state index in [9.17, 15) is 13.2 Å². The lowest BCUT2D eigenvalue weighted by Gasteiger charge is -2.26. The van der Waals surface area contributed by atoms with Crippen LogP contribution in [0.1, 0.15) is 41.6 Å². The lowest BCUT2D eigenvalue weighted by atomic mass is 9.97. The first-order valence-electron chi connectivity index (χ1n) is 10.8. The molecule has 1 unspecified atom stereocenters. The van der Waals surface area contributed by atoms with Gasteiger partial charge in [0.15, 0.2) is 0 Å². The number of halogens is 1. The van der Waals surface area contributed by atoms with Gasteiger partial charge < -0.3 is 5.32 Å². The molecule has 0 bridgehead atoms. The number of carbonyl (C=O) groups excluding carboxylic acids is 1. The van der Waals surface area contributed by atoms with Crippen LogP contribution < -0.4 is 9.62 Å². The molecule has 3 aromatic carbocycles. The summed E-state index contributed by atoms with van der Waals surface area (Å²) in [6.07, 6.45) is 0.692. The highest BCUT2D eigenvalue weighted by molar-refractivity contribution is 9.10. The molecule has 0 fully saturated rings. The number of nitrogens with zero attached hydrogens (tertiary/aromatic N) is 1. The van der Waals surface area contributed by atoms with Crippen LogP contribution in [0.5, 0.6) is 0 Å². The van der Waals surface area contributed by atoms with Crippen molar-refractivity contribution in [2.75, 3.05) is 10.8 Å². The minimum Gasteiger partial charge on any atom is -0.348 e. The third-order valence-corrected chi connectivity index (χ3v) is 7.82. The summed E-state index contributed by atoms with van der Waals surface area (Å²) >= 11 is 3.40. The van der Waals surface area contributed by atoms with Crippen LogP contribution >= 0.6 is 15.9 Å². The Morgan fingerprint density at radius 1 is 0.970 bits per heavy atom. The molecule has 0 aliphatic heterocycles. The molecule has 0 heterocycles. The molecule has 0 radical (unpaired) electrons. The summed E-state index contributed by atoms with van der Waals surface area (Å²) in [7, 11) is -3.95. The molecule has 0 aliphatic carbocycles. The van der Waals surface area contributed by atoms with Crippen LogP contribution in [0.15, 0.2) is 76.1 Å². The highest BCUT2D eigenvalue weighted by atomic mass is 79.9. The lowest BCUT2D eigenvalue weighted by molar-refractivity contribution is -0.120. The van der Waals surface area contributed by atoms with Gasteiger partial charge in [0, 0.05) is 4.47 Å². The molecule has 1 amide bonds. The molecule has 0 aromatic heterocycles. The maximum atomic E-state index is 13.5. The van der Waals surface area contributed by atoms with Crippen molar-refractivity contribution in [2.45, 2.75) is 45.1 Å². The van der Waals surface area contributed by atoms with E-state index in [0.29, 0.717) is 12.1 Å². The zero-order valence-electron chi connectivity index (χ0n) is 19.3. The number of nitrogens with one attached hydrogen (secondary N) is 1. The molecular weight excluding hydrogens is 500 g/mol. The van der Waals surface area contributed by atoms with E-state index < -0.39 is 10.0 Å². The van der Waals surface area contributed by atoms with Gasteiger partial charge in [0.05, 0.1) is 16.6 Å². The highest BCUT2D eigenvalue weighted by Gasteiger charge is 2.28. The minimum absolute atomic E-state index is 0.141. The second-order valence-corrected chi connectivity index (χ2v) is 11.0. The van der Waals surface area contributed by atoms with E-state index in [1.165, 1.54) is 0 Å². The van der Waals surface area contributed by atoms with Crippen LogP contribution in [0.2, 0.25) is 0 Å². The highest BCUT2D eigenvalue weighted by Crippen LogP contribution is 2.27. The lowest BCUT2D eigenvalue weighted by Crippen LogP contribution is -2.42. The first-order valence-corrected chi connectivity index (χ1v) is 13.1. The topological polar surface area (TPSA) is 66.5 Å². The third-order valence-electron chi connectivity index (χ3n) is 5.54. The zero-order chi connectivity index (χ0) is 24.2. The molecule has 0 aliphatic rings. The number of amides is 1. The van der Waals surface area contributed by atoms with Crippen LogP contribution in [-0.2, 0) is 14.8 Å². The Kier molecular flexibility index (Phi) is 7.97. The van der Waals surface area contributed by atoms with Gasteiger partial charge in [0.25, 0.3) is 10.0 Å². The van der Waals surface area contributed by atoms with Gasteiger partial charge in [-0.1, -0.05) is 70.4 Å². The van der Waals surface area contributed by atoms with Crippen LogP contribution in [0.25, 0.3) is 0 Å². The van der Waals surface area contributed by atoms with Crippen molar-refractivity contribution in [3.63, 3.8) is 0 Å². The number of hydrogen-bond acceptors (Lipinski definition) is 3. The fourth-order valence-corrected chi connectivity index (χ4v) is 5.57. The predicted molar refractivity (Wildman–Crippen MR) is 137 cm³/mol. The van der Waals surface area contributed by atoms with Crippen molar-refractivity contribution in [1.29, 1.82) is 0 Å². The van der Waals surface area contributed by atoms with Crippen LogP contribution in [0.3, 0.4) is 0 Å². The molecule has 1 N–H and O–H groups in total. The molecule has 174 valence electrons. The molecule has 0 saturated carbocycles. The number of carbonyl (C=O) groups is 1. The van der Waals surface area contributed by atoms with Crippen molar-refractivity contribution in [1.82, 2.24) is 5.32 Å². The van der Waals surface area contributed by atoms with Crippen molar-refractivity contribution in [3.8, 4) is 0 Å². The molecule has 0 saturated heterocycles. The fourth-order valence-electron chi connectivity index (χ4n) is 3.77. The van der Waals surface area contributed by atoms with Crippen molar-refractivity contribution < 1.29 is 13.2 Å². The molecule has 7 heteroatoms.